The third-order valence-corrected chi connectivity index (χ3v) is 3.47. The van der Waals surface area contributed by atoms with E-state index in [4.69, 9.17) is 0 Å². The number of hydrogen-bond donors (Lipinski definition) is 2. The summed E-state index contributed by atoms with van der Waals surface area (Å²) in [6.45, 7) is 5.81. The van der Waals surface area contributed by atoms with Gasteiger partial charge in [0, 0.05) is 50.9 Å². The highest BCUT2D eigenvalue weighted by Crippen LogP contribution is 2.08. The molecular formula is C13H20N4O3. The molecule has 7 heteroatoms. The van der Waals surface area contributed by atoms with Gasteiger partial charge in [-0.2, -0.15) is 0 Å². The Morgan fingerprint density at radius 1 is 1.45 bits per heavy atom. The normalized spacial score (nSPS) is 19.2. The number of aryl methyl sites for hydroxylation is 1. The topological polar surface area (TPSA) is 87.2 Å². The maximum Gasteiger partial charge on any atom is 0.328 e. The van der Waals surface area contributed by atoms with E-state index < -0.39 is 0 Å². The van der Waals surface area contributed by atoms with E-state index in [9.17, 15) is 14.4 Å². The fraction of sp³-hybridized carbons (Fsp3) is 0.615. The predicted molar refractivity (Wildman–Crippen MR) is 74.7 cm³/mol. The van der Waals surface area contributed by atoms with Crippen LogP contribution >= 0.6 is 0 Å². The van der Waals surface area contributed by atoms with Crippen LogP contribution in [0.15, 0.2) is 15.7 Å². The summed E-state index contributed by atoms with van der Waals surface area (Å²) >= 11 is 0. The van der Waals surface area contributed by atoms with E-state index in [0.29, 0.717) is 18.8 Å². The number of aromatic amines is 1. The third-order valence-electron chi connectivity index (χ3n) is 3.47. The zero-order valence-corrected chi connectivity index (χ0v) is 11.8. The Morgan fingerprint density at radius 2 is 2.20 bits per heavy atom. The van der Waals surface area contributed by atoms with Crippen molar-refractivity contribution in [3.63, 3.8) is 0 Å². The summed E-state index contributed by atoms with van der Waals surface area (Å²) < 4.78 is 1.21. The van der Waals surface area contributed by atoms with Crippen LogP contribution in [0.1, 0.15) is 19.0 Å². The van der Waals surface area contributed by atoms with Crippen molar-refractivity contribution in [1.82, 2.24) is 19.8 Å². The number of rotatable bonds is 4. The molecule has 20 heavy (non-hydrogen) atoms. The number of H-pyrrole nitrogens is 1. The van der Waals surface area contributed by atoms with Gasteiger partial charge in [0.2, 0.25) is 5.91 Å². The maximum atomic E-state index is 11.7. The average molecular weight is 280 g/mol. The van der Waals surface area contributed by atoms with Gasteiger partial charge in [-0.3, -0.25) is 19.1 Å². The molecule has 1 aliphatic rings. The molecular weight excluding hydrogens is 260 g/mol. The molecule has 1 aromatic rings. The van der Waals surface area contributed by atoms with Crippen molar-refractivity contribution >= 4 is 5.91 Å². The number of carbonyl (C=O) groups is 1. The van der Waals surface area contributed by atoms with Crippen molar-refractivity contribution in [3.05, 3.63) is 32.6 Å². The molecule has 0 unspecified atom stereocenters. The lowest BCUT2D eigenvalue weighted by Crippen LogP contribution is -2.40. The van der Waals surface area contributed by atoms with Crippen LogP contribution in [0.2, 0.25) is 0 Å². The summed E-state index contributed by atoms with van der Waals surface area (Å²) in [5.74, 6) is -0.0250. The van der Waals surface area contributed by atoms with Gasteiger partial charge in [0.15, 0.2) is 0 Å². The molecule has 0 radical (unpaired) electrons. The lowest BCUT2D eigenvalue weighted by molar-refractivity contribution is -0.119. The predicted octanol–water partition coefficient (Wildman–Crippen LogP) is -0.945. The van der Waals surface area contributed by atoms with Gasteiger partial charge in [0.25, 0.3) is 5.56 Å². The first-order valence-electron chi connectivity index (χ1n) is 6.76. The Kier molecular flexibility index (Phi) is 4.39. The number of nitrogens with one attached hydrogen (secondary N) is 2. The van der Waals surface area contributed by atoms with Crippen LogP contribution < -0.4 is 16.6 Å². The van der Waals surface area contributed by atoms with Crippen molar-refractivity contribution in [2.24, 2.45) is 0 Å². The van der Waals surface area contributed by atoms with Crippen LogP contribution in [0.5, 0.6) is 0 Å². The van der Waals surface area contributed by atoms with Gasteiger partial charge in [-0.25, -0.2) is 4.79 Å². The van der Waals surface area contributed by atoms with Crippen molar-refractivity contribution in [2.45, 2.75) is 32.9 Å². The summed E-state index contributed by atoms with van der Waals surface area (Å²) in [7, 11) is 0. The van der Waals surface area contributed by atoms with E-state index in [1.807, 2.05) is 0 Å². The zero-order valence-electron chi connectivity index (χ0n) is 11.8. The SMILES string of the molecule is CC(=O)N[C@H]1CCN(CCn2c(=O)cc(C)[nH]c2=O)C1. The first-order chi connectivity index (χ1) is 9.45. The Bertz CT molecular complexity index is 573. The number of likely N-dealkylation sites (tertiary alicyclic amines) is 1. The molecule has 0 aliphatic carbocycles. The van der Waals surface area contributed by atoms with Gasteiger partial charge in [0.05, 0.1) is 0 Å². The van der Waals surface area contributed by atoms with Gasteiger partial charge in [0.1, 0.15) is 0 Å². The maximum absolute atomic E-state index is 11.7. The first kappa shape index (κ1) is 14.5. The fourth-order valence-corrected chi connectivity index (χ4v) is 2.53. The molecule has 1 atom stereocenters. The van der Waals surface area contributed by atoms with Crippen molar-refractivity contribution in [2.75, 3.05) is 19.6 Å². The van der Waals surface area contributed by atoms with Crippen molar-refractivity contribution < 1.29 is 4.79 Å². The summed E-state index contributed by atoms with van der Waals surface area (Å²) in [4.78, 5) is 39.2. The largest absolute Gasteiger partial charge is 0.352 e. The molecule has 0 saturated carbocycles. The molecule has 2 rings (SSSR count). The van der Waals surface area contributed by atoms with Crippen LogP contribution in [0.25, 0.3) is 0 Å². The van der Waals surface area contributed by atoms with Crippen molar-refractivity contribution in [1.29, 1.82) is 0 Å². The van der Waals surface area contributed by atoms with Gasteiger partial charge in [-0.1, -0.05) is 0 Å². The summed E-state index contributed by atoms with van der Waals surface area (Å²) in [5, 5.41) is 2.88. The highest BCUT2D eigenvalue weighted by Gasteiger charge is 2.22. The number of aromatic nitrogens is 2. The van der Waals surface area contributed by atoms with Crippen LogP contribution in [0.3, 0.4) is 0 Å². The van der Waals surface area contributed by atoms with E-state index in [0.717, 1.165) is 19.5 Å². The minimum atomic E-state index is -0.368. The Balaban J connectivity index is 1.93. The summed E-state index contributed by atoms with van der Waals surface area (Å²) in [6, 6.07) is 1.59. The van der Waals surface area contributed by atoms with E-state index >= 15 is 0 Å². The number of hydrogen-bond acceptors (Lipinski definition) is 4. The molecule has 0 spiro atoms. The molecule has 0 bridgehead atoms. The second kappa shape index (κ2) is 6.04. The molecule has 1 aliphatic heterocycles. The Morgan fingerprint density at radius 3 is 2.85 bits per heavy atom. The Hall–Kier alpha value is -1.89. The standard InChI is InChI=1S/C13H20N4O3/c1-9-7-12(19)17(13(20)14-9)6-5-16-4-3-11(8-16)15-10(2)18/h7,11H,3-6,8H2,1-2H3,(H,14,20)(H,15,18)/t11-/m0/s1. The summed E-state index contributed by atoms with van der Waals surface area (Å²) in [6.07, 6.45) is 0.902. The molecule has 1 saturated heterocycles. The molecule has 1 aromatic heterocycles. The number of carbonyl (C=O) groups excluding carboxylic acids is 1. The molecule has 110 valence electrons. The van der Waals surface area contributed by atoms with E-state index in [1.54, 1.807) is 6.92 Å². The van der Waals surface area contributed by atoms with Gasteiger partial charge < -0.3 is 10.3 Å². The minimum Gasteiger partial charge on any atom is -0.352 e. The molecule has 2 N–H and O–H groups in total. The molecule has 2 heterocycles. The second-order valence-electron chi connectivity index (χ2n) is 5.23. The highest BCUT2D eigenvalue weighted by molar-refractivity contribution is 5.73. The minimum absolute atomic E-state index is 0.0250. The lowest BCUT2D eigenvalue weighted by atomic mass is 10.3. The van der Waals surface area contributed by atoms with E-state index in [-0.39, 0.29) is 23.2 Å². The Labute approximate surface area is 116 Å². The molecule has 1 fully saturated rings. The van der Waals surface area contributed by atoms with Crippen molar-refractivity contribution in [3.8, 4) is 0 Å². The first-order valence-corrected chi connectivity index (χ1v) is 6.76. The smallest absolute Gasteiger partial charge is 0.328 e. The van der Waals surface area contributed by atoms with Gasteiger partial charge in [-0.05, 0) is 13.3 Å². The van der Waals surface area contributed by atoms with Crippen LogP contribution in [0, 0.1) is 6.92 Å². The monoisotopic (exact) mass is 280 g/mol. The van der Waals surface area contributed by atoms with E-state index in [1.165, 1.54) is 17.6 Å². The van der Waals surface area contributed by atoms with Crippen LogP contribution in [-0.2, 0) is 11.3 Å². The fourth-order valence-electron chi connectivity index (χ4n) is 2.53. The second-order valence-corrected chi connectivity index (χ2v) is 5.23. The van der Waals surface area contributed by atoms with E-state index in [2.05, 4.69) is 15.2 Å². The third kappa shape index (κ3) is 3.57. The van der Waals surface area contributed by atoms with Crippen LogP contribution in [-0.4, -0.2) is 46.0 Å². The van der Waals surface area contributed by atoms with Gasteiger partial charge >= 0.3 is 5.69 Å². The molecule has 1 amide bonds. The zero-order chi connectivity index (χ0) is 14.7. The average Bonchev–Trinajstić information content (AvgIpc) is 2.74. The lowest BCUT2D eigenvalue weighted by Gasteiger charge is -2.16. The number of nitrogens with zero attached hydrogens (tertiary/aromatic N) is 2. The quantitative estimate of drug-likeness (QED) is 0.745. The summed E-state index contributed by atoms with van der Waals surface area (Å²) in [5.41, 5.74) is -0.0698. The molecule has 0 aromatic carbocycles. The number of amides is 1. The van der Waals surface area contributed by atoms with Crippen LogP contribution in [0.4, 0.5) is 0 Å². The van der Waals surface area contributed by atoms with Gasteiger partial charge in [-0.15, -0.1) is 0 Å². The molecule has 7 nitrogen and oxygen atoms in total. The highest BCUT2D eigenvalue weighted by atomic mass is 16.2.